The lowest BCUT2D eigenvalue weighted by molar-refractivity contribution is 0.0988. The van der Waals surface area contributed by atoms with Crippen LogP contribution in [-0.4, -0.2) is 29.0 Å². The van der Waals surface area contributed by atoms with Gasteiger partial charge in [0.1, 0.15) is 17.3 Å². The van der Waals surface area contributed by atoms with Crippen molar-refractivity contribution in [2.75, 3.05) is 16.8 Å². The highest BCUT2D eigenvalue weighted by Gasteiger charge is 2.20. The second kappa shape index (κ2) is 8.65. The van der Waals surface area contributed by atoms with Crippen molar-refractivity contribution in [2.24, 2.45) is 0 Å². The summed E-state index contributed by atoms with van der Waals surface area (Å²) in [6, 6.07) is 21.8. The van der Waals surface area contributed by atoms with Crippen molar-refractivity contribution in [1.29, 1.82) is 0 Å². The average molecular weight is 374 g/mol. The molecule has 144 valence electrons. The molecule has 0 N–H and O–H groups in total. The third kappa shape index (κ3) is 4.55. The van der Waals surface area contributed by atoms with Crippen molar-refractivity contribution >= 4 is 17.4 Å². The van der Waals surface area contributed by atoms with Crippen molar-refractivity contribution in [2.45, 2.75) is 33.4 Å². The SMILES string of the molecule is Cc1nc(C(=O)N(C)c2ccccc2)cc(N(Cc2ccccc2)C(C)C)n1. The predicted octanol–water partition coefficient (Wildman–Crippen LogP) is 4.48. The van der Waals surface area contributed by atoms with Crippen LogP contribution in [0.5, 0.6) is 0 Å². The molecule has 0 saturated carbocycles. The molecule has 0 spiro atoms. The van der Waals surface area contributed by atoms with Crippen molar-refractivity contribution in [3.8, 4) is 0 Å². The van der Waals surface area contributed by atoms with E-state index in [2.05, 4.69) is 40.8 Å². The van der Waals surface area contributed by atoms with Gasteiger partial charge in [0.05, 0.1) is 0 Å². The van der Waals surface area contributed by atoms with E-state index in [1.807, 2.05) is 55.5 Å². The number of anilines is 2. The molecule has 5 heteroatoms. The Morgan fingerprint density at radius 1 is 0.964 bits per heavy atom. The van der Waals surface area contributed by atoms with Gasteiger partial charge in [-0.15, -0.1) is 0 Å². The predicted molar refractivity (Wildman–Crippen MR) is 114 cm³/mol. The minimum Gasteiger partial charge on any atom is -0.350 e. The molecule has 2 aromatic carbocycles. The number of aromatic nitrogens is 2. The highest BCUT2D eigenvalue weighted by molar-refractivity contribution is 6.04. The van der Waals surface area contributed by atoms with Crippen LogP contribution in [0.25, 0.3) is 0 Å². The molecule has 3 aromatic rings. The minimum absolute atomic E-state index is 0.152. The molecule has 0 radical (unpaired) electrons. The molecule has 1 aromatic heterocycles. The van der Waals surface area contributed by atoms with Gasteiger partial charge in [0.2, 0.25) is 0 Å². The van der Waals surface area contributed by atoms with Gasteiger partial charge in [0.15, 0.2) is 0 Å². The summed E-state index contributed by atoms with van der Waals surface area (Å²) in [7, 11) is 1.76. The second-order valence-corrected chi connectivity index (χ2v) is 7.07. The Labute approximate surface area is 166 Å². The van der Waals surface area contributed by atoms with Crippen LogP contribution >= 0.6 is 0 Å². The molecule has 0 unspecified atom stereocenters. The standard InChI is InChI=1S/C23H26N4O/c1-17(2)27(16-19-11-7-5-8-12-19)22-15-21(24-18(3)25-22)23(28)26(4)20-13-9-6-10-14-20/h5-15,17H,16H2,1-4H3. The summed E-state index contributed by atoms with van der Waals surface area (Å²) in [5.41, 5.74) is 2.42. The average Bonchev–Trinajstić information content (AvgIpc) is 2.71. The Balaban J connectivity index is 1.92. The Morgan fingerprint density at radius 2 is 1.57 bits per heavy atom. The maximum absolute atomic E-state index is 13.0. The van der Waals surface area contributed by atoms with Crippen LogP contribution < -0.4 is 9.80 Å². The zero-order valence-electron chi connectivity index (χ0n) is 16.8. The molecular formula is C23H26N4O. The van der Waals surface area contributed by atoms with Gasteiger partial charge in [-0.1, -0.05) is 48.5 Å². The Hall–Kier alpha value is -3.21. The van der Waals surface area contributed by atoms with E-state index in [4.69, 9.17) is 0 Å². The van der Waals surface area contributed by atoms with Crippen molar-refractivity contribution < 1.29 is 4.79 Å². The van der Waals surface area contributed by atoms with E-state index in [-0.39, 0.29) is 11.9 Å². The molecule has 0 fully saturated rings. The topological polar surface area (TPSA) is 49.3 Å². The maximum atomic E-state index is 13.0. The Kier molecular flexibility index (Phi) is 6.04. The monoisotopic (exact) mass is 374 g/mol. The summed E-state index contributed by atoms with van der Waals surface area (Å²) in [6.45, 7) is 6.79. The van der Waals surface area contributed by atoms with E-state index < -0.39 is 0 Å². The number of rotatable bonds is 6. The van der Waals surface area contributed by atoms with E-state index in [1.165, 1.54) is 5.56 Å². The molecular weight excluding hydrogens is 348 g/mol. The van der Waals surface area contributed by atoms with Crippen LogP contribution in [0, 0.1) is 6.92 Å². The second-order valence-electron chi connectivity index (χ2n) is 7.07. The number of para-hydroxylation sites is 1. The van der Waals surface area contributed by atoms with E-state index in [9.17, 15) is 4.79 Å². The lowest BCUT2D eigenvalue weighted by Gasteiger charge is -2.28. The number of amides is 1. The number of hydrogen-bond acceptors (Lipinski definition) is 4. The fraction of sp³-hybridized carbons (Fsp3) is 0.261. The van der Waals surface area contributed by atoms with Gasteiger partial charge >= 0.3 is 0 Å². The molecule has 0 atom stereocenters. The number of carbonyl (C=O) groups is 1. The molecule has 1 heterocycles. The molecule has 0 aliphatic carbocycles. The smallest absolute Gasteiger partial charge is 0.276 e. The van der Waals surface area contributed by atoms with Gasteiger partial charge in [-0.3, -0.25) is 4.79 Å². The van der Waals surface area contributed by atoms with Gasteiger partial charge in [0, 0.05) is 31.4 Å². The van der Waals surface area contributed by atoms with Gasteiger partial charge in [-0.05, 0) is 38.5 Å². The van der Waals surface area contributed by atoms with Gasteiger partial charge < -0.3 is 9.80 Å². The molecule has 0 saturated heterocycles. The fourth-order valence-electron chi connectivity index (χ4n) is 3.06. The molecule has 28 heavy (non-hydrogen) atoms. The number of aryl methyl sites for hydroxylation is 1. The summed E-state index contributed by atoms with van der Waals surface area (Å²) in [5.74, 6) is 1.19. The number of carbonyl (C=O) groups excluding carboxylic acids is 1. The normalized spacial score (nSPS) is 10.8. The number of benzene rings is 2. The maximum Gasteiger partial charge on any atom is 0.276 e. The van der Waals surface area contributed by atoms with E-state index >= 15 is 0 Å². The van der Waals surface area contributed by atoms with E-state index in [0.29, 0.717) is 11.5 Å². The third-order valence-electron chi connectivity index (χ3n) is 4.61. The fourth-order valence-corrected chi connectivity index (χ4v) is 3.06. The number of hydrogen-bond donors (Lipinski definition) is 0. The number of nitrogens with zero attached hydrogens (tertiary/aromatic N) is 4. The third-order valence-corrected chi connectivity index (χ3v) is 4.61. The van der Waals surface area contributed by atoms with Crippen molar-refractivity contribution in [1.82, 2.24) is 9.97 Å². The Bertz CT molecular complexity index is 926. The van der Waals surface area contributed by atoms with Crippen LogP contribution in [0.3, 0.4) is 0 Å². The summed E-state index contributed by atoms with van der Waals surface area (Å²) in [5, 5.41) is 0. The Morgan fingerprint density at radius 3 is 2.18 bits per heavy atom. The first-order valence-electron chi connectivity index (χ1n) is 9.45. The summed E-state index contributed by atoms with van der Waals surface area (Å²) in [6.07, 6.45) is 0. The highest BCUT2D eigenvalue weighted by Crippen LogP contribution is 2.21. The van der Waals surface area contributed by atoms with Gasteiger partial charge in [0.25, 0.3) is 5.91 Å². The quantitative estimate of drug-likeness (QED) is 0.638. The zero-order valence-corrected chi connectivity index (χ0v) is 16.8. The molecule has 0 aliphatic heterocycles. The largest absolute Gasteiger partial charge is 0.350 e. The minimum atomic E-state index is -0.152. The van der Waals surface area contributed by atoms with E-state index in [0.717, 1.165) is 18.1 Å². The van der Waals surface area contributed by atoms with Gasteiger partial charge in [-0.2, -0.15) is 0 Å². The van der Waals surface area contributed by atoms with Crippen LogP contribution in [-0.2, 0) is 6.54 Å². The molecule has 5 nitrogen and oxygen atoms in total. The van der Waals surface area contributed by atoms with Crippen LogP contribution in [0.1, 0.15) is 35.7 Å². The molecule has 1 amide bonds. The highest BCUT2D eigenvalue weighted by atomic mass is 16.2. The summed E-state index contributed by atoms with van der Waals surface area (Å²) >= 11 is 0. The first-order valence-corrected chi connectivity index (χ1v) is 9.45. The van der Waals surface area contributed by atoms with Crippen molar-refractivity contribution in [3.63, 3.8) is 0 Å². The van der Waals surface area contributed by atoms with Crippen LogP contribution in [0.2, 0.25) is 0 Å². The molecule has 3 rings (SSSR count). The molecule has 0 aliphatic rings. The lowest BCUT2D eigenvalue weighted by Crippen LogP contribution is -2.32. The summed E-state index contributed by atoms with van der Waals surface area (Å²) < 4.78 is 0. The van der Waals surface area contributed by atoms with Gasteiger partial charge in [-0.25, -0.2) is 9.97 Å². The first-order chi connectivity index (χ1) is 13.5. The van der Waals surface area contributed by atoms with Crippen LogP contribution in [0.15, 0.2) is 66.7 Å². The lowest BCUT2D eigenvalue weighted by atomic mass is 10.2. The van der Waals surface area contributed by atoms with Crippen molar-refractivity contribution in [3.05, 3.63) is 83.8 Å². The summed E-state index contributed by atoms with van der Waals surface area (Å²) in [4.78, 5) is 25.8. The zero-order chi connectivity index (χ0) is 20.1. The molecule has 0 bridgehead atoms. The van der Waals surface area contributed by atoms with E-state index in [1.54, 1.807) is 18.0 Å². The van der Waals surface area contributed by atoms with Crippen LogP contribution in [0.4, 0.5) is 11.5 Å². The first kappa shape index (κ1) is 19.5.